The van der Waals surface area contributed by atoms with E-state index >= 15 is 0 Å². The third-order valence-corrected chi connectivity index (χ3v) is 6.85. The van der Waals surface area contributed by atoms with Crippen molar-refractivity contribution in [3.63, 3.8) is 0 Å². The van der Waals surface area contributed by atoms with Crippen molar-refractivity contribution in [3.05, 3.63) is 59.2 Å². The van der Waals surface area contributed by atoms with Gasteiger partial charge in [-0.3, -0.25) is 0 Å². The molecule has 2 aliphatic heterocycles. The largest absolute Gasteiger partial charge is 0.380 e. The lowest BCUT2D eigenvalue weighted by atomic mass is 9.77. The first-order chi connectivity index (χ1) is 13.1. The van der Waals surface area contributed by atoms with Gasteiger partial charge in [-0.05, 0) is 60.4 Å². The van der Waals surface area contributed by atoms with Crippen molar-refractivity contribution >= 4 is 0 Å². The topological polar surface area (TPSA) is 18.5 Å². The first-order valence-corrected chi connectivity index (χ1v) is 10.4. The third kappa shape index (κ3) is 3.70. The minimum absolute atomic E-state index is 0.371. The Morgan fingerprint density at radius 2 is 1.26 bits per heavy atom. The Morgan fingerprint density at radius 3 is 1.70 bits per heavy atom. The van der Waals surface area contributed by atoms with Crippen LogP contribution in [0.2, 0.25) is 0 Å². The monoisotopic (exact) mass is 364 g/mol. The van der Waals surface area contributed by atoms with Crippen LogP contribution in [-0.2, 0) is 22.3 Å². The maximum atomic E-state index is 5.48. The fourth-order valence-corrected chi connectivity index (χ4v) is 4.47. The molecule has 2 heteroatoms. The second kappa shape index (κ2) is 7.41. The molecule has 0 saturated carbocycles. The molecule has 2 aliphatic rings. The summed E-state index contributed by atoms with van der Waals surface area (Å²) >= 11 is 0. The predicted molar refractivity (Wildman–Crippen MR) is 111 cm³/mol. The normalized spacial score (nSPS) is 20.0. The number of hydrogen-bond acceptors (Lipinski definition) is 2. The van der Waals surface area contributed by atoms with Crippen LogP contribution in [0.15, 0.2) is 42.5 Å². The van der Waals surface area contributed by atoms with Gasteiger partial charge in [0, 0.05) is 10.8 Å². The highest BCUT2D eigenvalue weighted by Crippen LogP contribution is 2.37. The van der Waals surface area contributed by atoms with Crippen molar-refractivity contribution in [1.82, 2.24) is 0 Å². The van der Waals surface area contributed by atoms with Crippen LogP contribution in [0, 0.1) is 17.8 Å². The van der Waals surface area contributed by atoms with E-state index in [0.29, 0.717) is 10.8 Å². The first-order valence-electron chi connectivity index (χ1n) is 10.4. The van der Waals surface area contributed by atoms with Crippen LogP contribution >= 0.6 is 0 Å². The maximum Gasteiger partial charge on any atom is 0.0547 e. The molecule has 2 fully saturated rings. The number of aryl methyl sites for hydroxylation is 1. The van der Waals surface area contributed by atoms with Gasteiger partial charge in [0.1, 0.15) is 0 Å². The van der Waals surface area contributed by atoms with Gasteiger partial charge < -0.3 is 9.47 Å². The van der Waals surface area contributed by atoms with Crippen molar-refractivity contribution in [2.75, 3.05) is 26.4 Å². The smallest absolute Gasteiger partial charge is 0.0547 e. The molecule has 0 N–H and O–H groups in total. The number of ether oxygens (including phenoxy) is 2. The molecule has 2 saturated heterocycles. The third-order valence-electron chi connectivity index (χ3n) is 6.85. The average molecular weight is 365 g/mol. The van der Waals surface area contributed by atoms with Gasteiger partial charge in [0.2, 0.25) is 0 Å². The zero-order valence-electron chi connectivity index (χ0n) is 17.0. The van der Waals surface area contributed by atoms with E-state index in [1.54, 1.807) is 0 Å². The highest BCUT2D eigenvalue weighted by atomic mass is 16.5. The van der Waals surface area contributed by atoms with Crippen LogP contribution < -0.4 is 0 Å². The van der Waals surface area contributed by atoms with Crippen LogP contribution in [0.5, 0.6) is 0 Å². The summed E-state index contributed by atoms with van der Waals surface area (Å²) in [5.74, 6) is 0. The first kappa shape index (κ1) is 18.7. The SMILES string of the molecule is CCC1(Cc2ccc(-c3ccc(CC4(CC)COC4)cc3C)cc2)COC1. The quantitative estimate of drug-likeness (QED) is 0.636. The molecule has 0 spiro atoms. The Bertz CT molecular complexity index is 771. The summed E-state index contributed by atoms with van der Waals surface area (Å²) in [5, 5.41) is 0. The number of benzene rings is 2. The van der Waals surface area contributed by atoms with Crippen LogP contribution in [0.4, 0.5) is 0 Å². The Balaban J connectivity index is 1.48. The van der Waals surface area contributed by atoms with Crippen LogP contribution in [0.1, 0.15) is 43.4 Å². The molecule has 144 valence electrons. The maximum absolute atomic E-state index is 5.48. The van der Waals surface area contributed by atoms with Gasteiger partial charge >= 0.3 is 0 Å². The molecular weight excluding hydrogens is 332 g/mol. The van der Waals surface area contributed by atoms with E-state index in [-0.39, 0.29) is 0 Å². The van der Waals surface area contributed by atoms with Gasteiger partial charge in [0.25, 0.3) is 0 Å². The molecular formula is C25H32O2. The van der Waals surface area contributed by atoms with Gasteiger partial charge in [0.15, 0.2) is 0 Å². The molecule has 0 amide bonds. The standard InChI is InChI=1S/C25H32O2/c1-4-24(15-26-16-24)13-20-6-9-22(10-7-20)23-11-8-21(12-19(23)3)14-25(5-2)17-27-18-25/h6-12H,4-5,13-18H2,1-3H3. The fourth-order valence-electron chi connectivity index (χ4n) is 4.47. The van der Waals surface area contributed by atoms with Crippen molar-refractivity contribution in [1.29, 1.82) is 0 Å². The van der Waals surface area contributed by atoms with Gasteiger partial charge in [0.05, 0.1) is 26.4 Å². The molecule has 0 aliphatic carbocycles. The number of hydrogen-bond donors (Lipinski definition) is 0. The molecule has 2 aromatic rings. The highest BCUT2D eigenvalue weighted by molar-refractivity contribution is 5.67. The lowest BCUT2D eigenvalue weighted by molar-refractivity contribution is -0.114. The van der Waals surface area contributed by atoms with Gasteiger partial charge in [-0.15, -0.1) is 0 Å². The lowest BCUT2D eigenvalue weighted by Crippen LogP contribution is -2.43. The van der Waals surface area contributed by atoms with E-state index in [4.69, 9.17) is 9.47 Å². The molecule has 0 aromatic heterocycles. The van der Waals surface area contributed by atoms with E-state index in [1.165, 1.54) is 40.7 Å². The highest BCUT2D eigenvalue weighted by Gasteiger charge is 2.37. The molecule has 2 heterocycles. The van der Waals surface area contributed by atoms with Crippen molar-refractivity contribution in [2.45, 2.75) is 46.5 Å². The van der Waals surface area contributed by atoms with Gasteiger partial charge in [-0.2, -0.15) is 0 Å². The summed E-state index contributed by atoms with van der Waals surface area (Å²) in [6.07, 6.45) is 4.65. The van der Waals surface area contributed by atoms with Crippen molar-refractivity contribution in [3.8, 4) is 11.1 Å². The van der Waals surface area contributed by atoms with Crippen LogP contribution in [0.25, 0.3) is 11.1 Å². The summed E-state index contributed by atoms with van der Waals surface area (Å²) in [5.41, 5.74) is 7.63. The molecule has 2 nitrogen and oxygen atoms in total. The van der Waals surface area contributed by atoms with Gasteiger partial charge in [-0.1, -0.05) is 56.3 Å². The Hall–Kier alpha value is -1.64. The molecule has 0 bridgehead atoms. The molecule has 0 atom stereocenters. The second-order valence-electron chi connectivity index (χ2n) is 8.89. The predicted octanol–water partition coefficient (Wildman–Crippen LogP) is 5.60. The van der Waals surface area contributed by atoms with Crippen LogP contribution in [0.3, 0.4) is 0 Å². The Labute approximate surface area is 163 Å². The van der Waals surface area contributed by atoms with Crippen molar-refractivity contribution in [2.24, 2.45) is 10.8 Å². The van der Waals surface area contributed by atoms with E-state index in [0.717, 1.165) is 39.3 Å². The number of rotatable bonds is 7. The molecule has 2 aromatic carbocycles. The summed E-state index contributed by atoms with van der Waals surface area (Å²) in [4.78, 5) is 0. The second-order valence-corrected chi connectivity index (χ2v) is 8.89. The minimum atomic E-state index is 0.371. The van der Waals surface area contributed by atoms with E-state index in [1.807, 2.05) is 0 Å². The van der Waals surface area contributed by atoms with Crippen LogP contribution in [-0.4, -0.2) is 26.4 Å². The zero-order chi connectivity index (χ0) is 18.9. The molecule has 27 heavy (non-hydrogen) atoms. The zero-order valence-corrected chi connectivity index (χ0v) is 17.0. The Kier molecular flexibility index (Phi) is 5.13. The lowest BCUT2D eigenvalue weighted by Gasteiger charge is -2.41. The minimum Gasteiger partial charge on any atom is -0.380 e. The molecule has 0 radical (unpaired) electrons. The summed E-state index contributed by atoms with van der Waals surface area (Å²) in [7, 11) is 0. The molecule has 4 rings (SSSR count). The van der Waals surface area contributed by atoms with E-state index in [9.17, 15) is 0 Å². The average Bonchev–Trinajstić information content (AvgIpc) is 2.62. The molecule has 0 unspecified atom stereocenters. The fraction of sp³-hybridized carbons (Fsp3) is 0.520. The van der Waals surface area contributed by atoms with Crippen molar-refractivity contribution < 1.29 is 9.47 Å². The van der Waals surface area contributed by atoms with E-state index in [2.05, 4.69) is 63.2 Å². The summed E-state index contributed by atoms with van der Waals surface area (Å²) in [6.45, 7) is 10.4. The Morgan fingerprint density at radius 1 is 0.741 bits per heavy atom. The summed E-state index contributed by atoms with van der Waals surface area (Å²) in [6, 6.07) is 16.2. The van der Waals surface area contributed by atoms with Gasteiger partial charge in [-0.25, -0.2) is 0 Å². The van der Waals surface area contributed by atoms with E-state index < -0.39 is 0 Å². The summed E-state index contributed by atoms with van der Waals surface area (Å²) < 4.78 is 11.0.